The van der Waals surface area contributed by atoms with Gasteiger partial charge >= 0.3 is 0 Å². The van der Waals surface area contributed by atoms with E-state index in [4.69, 9.17) is 11.6 Å². The minimum absolute atomic E-state index is 0.170. The van der Waals surface area contributed by atoms with Gasteiger partial charge in [0.1, 0.15) is 5.82 Å². The largest absolute Gasteiger partial charge is 0.364 e. The van der Waals surface area contributed by atoms with Crippen molar-refractivity contribution in [2.45, 2.75) is 57.9 Å². The molecule has 1 aromatic carbocycles. The molecule has 2 aromatic rings. The molecule has 0 unspecified atom stereocenters. The van der Waals surface area contributed by atoms with E-state index >= 15 is 0 Å². The van der Waals surface area contributed by atoms with Gasteiger partial charge in [-0.3, -0.25) is 0 Å². The molecule has 0 aliphatic heterocycles. The molecule has 2 atom stereocenters. The van der Waals surface area contributed by atoms with Gasteiger partial charge in [-0.25, -0.2) is 9.97 Å². The Morgan fingerprint density at radius 1 is 1.00 bits per heavy atom. The second-order valence-electron chi connectivity index (χ2n) is 9.39. The van der Waals surface area contributed by atoms with Crippen molar-refractivity contribution in [2.75, 3.05) is 5.32 Å². The van der Waals surface area contributed by atoms with Crippen molar-refractivity contribution in [3.63, 3.8) is 0 Å². The lowest BCUT2D eigenvalue weighted by atomic mass is 9.43. The van der Waals surface area contributed by atoms with Crippen molar-refractivity contribution < 1.29 is 0 Å². The first-order chi connectivity index (χ1) is 11.4. The lowest BCUT2D eigenvalue weighted by molar-refractivity contribution is -0.0973. The minimum Gasteiger partial charge on any atom is -0.364 e. The number of aromatic nitrogens is 2. The molecule has 4 saturated carbocycles. The highest BCUT2D eigenvalue weighted by Gasteiger charge is 2.60. The van der Waals surface area contributed by atoms with Gasteiger partial charge in [-0.2, -0.15) is 0 Å². The zero-order chi connectivity index (χ0) is 16.6. The smallest absolute Gasteiger partial charge is 0.224 e. The summed E-state index contributed by atoms with van der Waals surface area (Å²) in [5.74, 6) is 1.77. The molecule has 3 nitrogen and oxygen atoms in total. The van der Waals surface area contributed by atoms with Crippen LogP contribution in [0.25, 0.3) is 10.9 Å². The molecule has 126 valence electrons. The monoisotopic (exact) mass is 341 g/mol. The molecule has 4 aliphatic carbocycles. The van der Waals surface area contributed by atoms with Crippen LogP contribution in [0.3, 0.4) is 0 Å². The van der Waals surface area contributed by atoms with Gasteiger partial charge in [0.05, 0.1) is 5.52 Å². The van der Waals surface area contributed by atoms with E-state index in [0.717, 1.165) is 22.6 Å². The Labute approximate surface area is 148 Å². The van der Waals surface area contributed by atoms with Crippen molar-refractivity contribution in [3.05, 3.63) is 29.5 Å². The first kappa shape index (κ1) is 14.9. The minimum atomic E-state index is 0.170. The van der Waals surface area contributed by atoms with Crippen LogP contribution >= 0.6 is 11.6 Å². The number of anilines is 1. The second-order valence-corrected chi connectivity index (χ2v) is 9.73. The number of hydrogen-bond acceptors (Lipinski definition) is 3. The number of benzene rings is 1. The molecule has 4 heteroatoms. The number of fused-ring (bicyclic) bond motifs is 1. The van der Waals surface area contributed by atoms with Gasteiger partial charge in [0, 0.05) is 10.9 Å². The van der Waals surface area contributed by atoms with Gasteiger partial charge in [-0.05, 0) is 79.0 Å². The summed E-state index contributed by atoms with van der Waals surface area (Å²) in [5, 5.41) is 5.29. The van der Waals surface area contributed by atoms with E-state index < -0.39 is 0 Å². The van der Waals surface area contributed by atoms with Gasteiger partial charge in [-0.15, -0.1) is 0 Å². The van der Waals surface area contributed by atoms with Crippen molar-refractivity contribution in [1.29, 1.82) is 0 Å². The number of halogens is 1. The van der Waals surface area contributed by atoms with Crippen LogP contribution in [-0.2, 0) is 0 Å². The summed E-state index contributed by atoms with van der Waals surface area (Å²) in [6, 6.07) is 8.16. The van der Waals surface area contributed by atoms with Crippen molar-refractivity contribution in [2.24, 2.45) is 16.7 Å². The Bertz CT molecular complexity index is 815. The van der Waals surface area contributed by atoms with E-state index in [1.54, 1.807) is 0 Å². The molecule has 4 fully saturated rings. The molecule has 4 bridgehead atoms. The molecule has 0 amide bonds. The van der Waals surface area contributed by atoms with Crippen LogP contribution in [0.15, 0.2) is 24.3 Å². The molecule has 4 aliphatic rings. The molecule has 24 heavy (non-hydrogen) atoms. The molecule has 1 N–H and O–H groups in total. The quantitative estimate of drug-likeness (QED) is 0.738. The van der Waals surface area contributed by atoms with E-state index in [9.17, 15) is 0 Å². The Hall–Kier alpha value is -1.35. The molecule has 0 saturated heterocycles. The molecule has 0 spiro atoms. The van der Waals surface area contributed by atoms with E-state index in [2.05, 4.69) is 35.2 Å². The highest BCUT2D eigenvalue weighted by atomic mass is 35.5. The Morgan fingerprint density at radius 2 is 1.71 bits per heavy atom. The van der Waals surface area contributed by atoms with E-state index in [1.165, 1.54) is 38.5 Å². The summed E-state index contributed by atoms with van der Waals surface area (Å²) in [5.41, 5.74) is 2.05. The van der Waals surface area contributed by atoms with Crippen molar-refractivity contribution >= 4 is 28.3 Å². The summed E-state index contributed by atoms with van der Waals surface area (Å²) < 4.78 is 0. The zero-order valence-corrected chi connectivity index (χ0v) is 15.2. The maximum atomic E-state index is 6.20. The highest BCUT2D eigenvalue weighted by Crippen LogP contribution is 2.66. The second kappa shape index (κ2) is 4.63. The van der Waals surface area contributed by atoms with Crippen LogP contribution in [-0.4, -0.2) is 15.5 Å². The SMILES string of the molecule is C[C@@]12CC3CC(Nc4nc(Cl)nc5ccccc45)(C1)C[C@@](C)(C3)C2. The lowest BCUT2D eigenvalue weighted by Crippen LogP contribution is -2.61. The molecule has 1 aromatic heterocycles. The standard InChI is InChI=1S/C20H24ClN3/c1-18-7-13-8-19(2,10-18)12-20(9-13,11-18)24-16-14-5-3-4-6-15(14)22-17(21)23-16/h3-6,13H,7-12H2,1-2H3,(H,22,23,24)/t13?,18-,19-,20?/m0/s1. The van der Waals surface area contributed by atoms with Crippen LogP contribution in [0.5, 0.6) is 0 Å². The molecular formula is C20H24ClN3. The van der Waals surface area contributed by atoms with E-state index in [0.29, 0.717) is 16.1 Å². The lowest BCUT2D eigenvalue weighted by Gasteiger charge is -2.65. The zero-order valence-electron chi connectivity index (χ0n) is 14.4. The third-order valence-corrected chi connectivity index (χ3v) is 6.75. The van der Waals surface area contributed by atoms with Crippen LogP contribution in [0.1, 0.15) is 52.4 Å². The topological polar surface area (TPSA) is 37.8 Å². The van der Waals surface area contributed by atoms with Gasteiger partial charge in [0.15, 0.2) is 0 Å². The average molecular weight is 342 g/mol. The van der Waals surface area contributed by atoms with Crippen LogP contribution < -0.4 is 5.32 Å². The summed E-state index contributed by atoms with van der Waals surface area (Å²) >= 11 is 6.20. The van der Waals surface area contributed by atoms with Crippen LogP contribution in [0.2, 0.25) is 5.28 Å². The summed E-state index contributed by atoms with van der Waals surface area (Å²) in [6.07, 6.45) is 7.96. The number of nitrogens with zero attached hydrogens (tertiary/aromatic N) is 2. The molecule has 0 radical (unpaired) electrons. The average Bonchev–Trinajstić information content (AvgIpc) is 2.42. The van der Waals surface area contributed by atoms with E-state index in [-0.39, 0.29) is 5.54 Å². The van der Waals surface area contributed by atoms with Gasteiger partial charge in [-0.1, -0.05) is 26.0 Å². The first-order valence-electron chi connectivity index (χ1n) is 9.07. The number of rotatable bonds is 2. The Morgan fingerprint density at radius 3 is 2.42 bits per heavy atom. The number of nitrogens with one attached hydrogen (secondary N) is 1. The van der Waals surface area contributed by atoms with Crippen molar-refractivity contribution in [3.8, 4) is 0 Å². The summed E-state index contributed by atoms with van der Waals surface area (Å²) in [6.45, 7) is 4.99. The third-order valence-electron chi connectivity index (χ3n) is 6.59. The first-order valence-corrected chi connectivity index (χ1v) is 9.45. The normalized spacial score (nSPS) is 40.2. The fourth-order valence-corrected chi connectivity index (χ4v) is 7.16. The third kappa shape index (κ3) is 2.24. The summed E-state index contributed by atoms with van der Waals surface area (Å²) in [7, 11) is 0. The predicted molar refractivity (Wildman–Crippen MR) is 98.3 cm³/mol. The Balaban J connectivity index is 1.59. The maximum absolute atomic E-state index is 6.20. The molecule has 1 heterocycles. The summed E-state index contributed by atoms with van der Waals surface area (Å²) in [4.78, 5) is 8.94. The molecule has 6 rings (SSSR count). The van der Waals surface area contributed by atoms with Gasteiger partial charge in [0.25, 0.3) is 0 Å². The number of para-hydroxylation sites is 1. The molecular weight excluding hydrogens is 318 g/mol. The maximum Gasteiger partial charge on any atom is 0.224 e. The van der Waals surface area contributed by atoms with Crippen molar-refractivity contribution in [1.82, 2.24) is 9.97 Å². The predicted octanol–water partition coefficient (Wildman–Crippen LogP) is 5.44. The van der Waals surface area contributed by atoms with Crippen LogP contribution in [0, 0.1) is 16.7 Å². The Kier molecular flexibility index (Phi) is 2.88. The fraction of sp³-hybridized carbons (Fsp3) is 0.600. The number of hydrogen-bond donors (Lipinski definition) is 1. The highest BCUT2D eigenvalue weighted by molar-refractivity contribution is 6.28. The van der Waals surface area contributed by atoms with Gasteiger partial charge in [0.2, 0.25) is 5.28 Å². The van der Waals surface area contributed by atoms with E-state index in [1.807, 2.05) is 18.2 Å². The van der Waals surface area contributed by atoms with Crippen LogP contribution in [0.4, 0.5) is 5.82 Å². The fourth-order valence-electron chi connectivity index (χ4n) is 6.98. The van der Waals surface area contributed by atoms with Gasteiger partial charge < -0.3 is 5.32 Å².